The molecular weight excluding hydrogens is 433 g/mol. The van der Waals surface area contributed by atoms with Gasteiger partial charge in [0, 0.05) is 50.4 Å². The molecule has 5 rings (SSSR count). The summed E-state index contributed by atoms with van der Waals surface area (Å²) < 4.78 is 19.8. The van der Waals surface area contributed by atoms with Crippen molar-refractivity contribution in [2.75, 3.05) is 44.6 Å². The molecule has 2 aromatic carbocycles. The summed E-state index contributed by atoms with van der Waals surface area (Å²) in [6.07, 6.45) is 1.93. The highest BCUT2D eigenvalue weighted by Gasteiger charge is 2.38. The minimum absolute atomic E-state index is 0.214. The number of hydrogen-bond acceptors (Lipinski definition) is 5. The predicted octanol–water partition coefficient (Wildman–Crippen LogP) is 3.49. The average molecular weight is 464 g/mol. The van der Waals surface area contributed by atoms with Gasteiger partial charge in [-0.15, -0.1) is 0 Å². The fraction of sp³-hybridized carbons (Fsp3) is 0.370. The molecule has 1 amide bonds. The van der Waals surface area contributed by atoms with Gasteiger partial charge in [0.25, 0.3) is 5.91 Å². The number of anilines is 1. The molecule has 1 fully saturated rings. The minimum Gasteiger partial charge on any atom is -0.482 e. The Morgan fingerprint density at radius 3 is 2.47 bits per heavy atom. The average Bonchev–Trinajstić information content (AvgIpc) is 3.30. The van der Waals surface area contributed by atoms with Gasteiger partial charge in [0.1, 0.15) is 17.2 Å². The number of rotatable bonds is 5. The molecule has 0 saturated carbocycles. The Kier molecular flexibility index (Phi) is 6.02. The number of aliphatic hydroxyl groups is 1. The molecule has 0 aromatic heterocycles. The monoisotopic (exact) mass is 463 g/mol. The number of carbonyl (C=O) groups is 1. The van der Waals surface area contributed by atoms with Crippen LogP contribution in [0.4, 0.5) is 10.1 Å². The number of halogens is 1. The number of ether oxygens (including phenoxy) is 1. The number of nitrogens with one attached hydrogen (secondary N) is 1. The summed E-state index contributed by atoms with van der Waals surface area (Å²) in [4.78, 5) is 17.4. The first-order valence-electron chi connectivity index (χ1n) is 11.8. The molecule has 0 spiro atoms. The lowest BCUT2D eigenvalue weighted by molar-refractivity contribution is -0.111. The smallest absolute Gasteiger partial charge is 0.260 e. The van der Waals surface area contributed by atoms with E-state index in [0.29, 0.717) is 22.6 Å². The van der Waals surface area contributed by atoms with Crippen molar-refractivity contribution in [3.05, 3.63) is 76.8 Å². The van der Waals surface area contributed by atoms with Crippen LogP contribution in [0.3, 0.4) is 0 Å². The van der Waals surface area contributed by atoms with Gasteiger partial charge in [0.2, 0.25) is 0 Å². The molecule has 2 aromatic rings. The normalized spacial score (nSPS) is 22.4. The van der Waals surface area contributed by atoms with Gasteiger partial charge >= 0.3 is 0 Å². The van der Waals surface area contributed by atoms with Crippen LogP contribution < -0.4 is 5.32 Å². The Hall–Kier alpha value is -3.00. The molecule has 0 bridgehead atoms. The van der Waals surface area contributed by atoms with Gasteiger partial charge in [-0.05, 0) is 49.2 Å². The number of piperazine rings is 1. The number of nitrogens with zero attached hydrogens (tertiary/aromatic N) is 2. The zero-order chi connectivity index (χ0) is 23.9. The number of allylic oxidation sites excluding steroid dienone is 1. The summed E-state index contributed by atoms with van der Waals surface area (Å²) in [5.41, 5.74) is 4.27. The molecule has 0 aliphatic carbocycles. The van der Waals surface area contributed by atoms with E-state index >= 15 is 0 Å². The second kappa shape index (κ2) is 8.98. The number of fused-ring (bicyclic) bond motifs is 1. The van der Waals surface area contributed by atoms with Gasteiger partial charge in [-0.1, -0.05) is 24.3 Å². The fourth-order valence-electron chi connectivity index (χ4n) is 4.97. The van der Waals surface area contributed by atoms with Crippen molar-refractivity contribution in [1.29, 1.82) is 0 Å². The predicted molar refractivity (Wildman–Crippen MR) is 130 cm³/mol. The highest BCUT2D eigenvalue weighted by molar-refractivity contribution is 6.32. The topological polar surface area (TPSA) is 65.0 Å². The van der Waals surface area contributed by atoms with E-state index in [1.807, 2.05) is 19.9 Å². The second-order valence-corrected chi connectivity index (χ2v) is 9.59. The van der Waals surface area contributed by atoms with Crippen molar-refractivity contribution < 1.29 is 19.0 Å². The third kappa shape index (κ3) is 4.39. The van der Waals surface area contributed by atoms with E-state index in [-0.39, 0.29) is 18.3 Å². The number of carbonyl (C=O) groups excluding carboxylic acids is 1. The van der Waals surface area contributed by atoms with Crippen molar-refractivity contribution >= 4 is 22.7 Å². The lowest BCUT2D eigenvalue weighted by Crippen LogP contribution is -2.46. The van der Waals surface area contributed by atoms with Crippen LogP contribution in [0.25, 0.3) is 11.1 Å². The van der Waals surface area contributed by atoms with Gasteiger partial charge in [-0.25, -0.2) is 4.39 Å². The highest BCUT2D eigenvalue weighted by atomic mass is 19.1. The van der Waals surface area contributed by atoms with Crippen LogP contribution in [-0.4, -0.2) is 65.7 Å². The molecule has 7 heteroatoms. The van der Waals surface area contributed by atoms with Crippen LogP contribution in [0.5, 0.6) is 0 Å². The summed E-state index contributed by atoms with van der Waals surface area (Å²) >= 11 is 0. The van der Waals surface area contributed by atoms with E-state index in [1.165, 1.54) is 17.7 Å². The summed E-state index contributed by atoms with van der Waals surface area (Å²) in [6.45, 7) is 9.81. The maximum Gasteiger partial charge on any atom is 0.260 e. The quantitative estimate of drug-likeness (QED) is 0.665. The van der Waals surface area contributed by atoms with Crippen LogP contribution in [0.1, 0.15) is 30.5 Å². The Morgan fingerprint density at radius 1 is 1.06 bits per heavy atom. The van der Waals surface area contributed by atoms with Gasteiger partial charge in [-0.3, -0.25) is 14.6 Å². The number of β-amino-alcohol motifs (C(OH)–C–C–N with tert-alkyl or cyclic N) is 1. The zero-order valence-electron chi connectivity index (χ0n) is 19.6. The summed E-state index contributed by atoms with van der Waals surface area (Å²) in [5.74, 6) is -0.160. The van der Waals surface area contributed by atoms with Gasteiger partial charge in [-0.2, -0.15) is 0 Å². The third-order valence-corrected chi connectivity index (χ3v) is 6.81. The summed E-state index contributed by atoms with van der Waals surface area (Å²) in [7, 11) is 0. The number of aliphatic hydroxyl groups excluding tert-OH is 1. The Balaban J connectivity index is 1.35. The molecule has 3 aliphatic rings. The van der Waals surface area contributed by atoms with Crippen LogP contribution in [0, 0.1) is 5.82 Å². The number of amides is 1. The Morgan fingerprint density at radius 2 is 1.76 bits per heavy atom. The zero-order valence-corrected chi connectivity index (χ0v) is 19.6. The van der Waals surface area contributed by atoms with E-state index in [0.717, 1.165) is 50.4 Å². The molecule has 2 N–H and O–H groups in total. The molecule has 3 heterocycles. The van der Waals surface area contributed by atoms with Crippen molar-refractivity contribution in [3.63, 3.8) is 0 Å². The maximum atomic E-state index is 13.6. The maximum absolute atomic E-state index is 13.6. The molecule has 0 atom stereocenters. The van der Waals surface area contributed by atoms with E-state index in [1.54, 1.807) is 6.07 Å². The first-order valence-corrected chi connectivity index (χ1v) is 11.8. The van der Waals surface area contributed by atoms with Crippen molar-refractivity contribution in [1.82, 2.24) is 9.80 Å². The minimum atomic E-state index is -0.601. The number of hydrogen-bond donors (Lipinski definition) is 2. The molecule has 0 unspecified atom stereocenters. The molecule has 0 radical (unpaired) electrons. The summed E-state index contributed by atoms with van der Waals surface area (Å²) in [5, 5.41) is 11.8. The lowest BCUT2D eigenvalue weighted by atomic mass is 9.91. The standard InChI is InChI=1S/C27H30FN3O3/c1-27(2)22(16-24(34-27)25-21-8-7-20(28)15-23(21)29-26(25)33)19-5-3-18(4-6-19)17-31-11-9-30(10-12-31)13-14-32/h3-8,15-16,32H,9-14,17H2,1-2H3,(H,29,33)/b25-24+. The largest absolute Gasteiger partial charge is 0.482 e. The second-order valence-electron chi connectivity index (χ2n) is 9.59. The molecular formula is C27H30FN3O3. The third-order valence-electron chi connectivity index (χ3n) is 6.81. The fourth-order valence-corrected chi connectivity index (χ4v) is 4.97. The summed E-state index contributed by atoms with van der Waals surface area (Å²) in [6, 6.07) is 12.8. The molecule has 34 heavy (non-hydrogen) atoms. The van der Waals surface area contributed by atoms with E-state index in [9.17, 15) is 9.18 Å². The van der Waals surface area contributed by atoms with E-state index in [2.05, 4.69) is 39.4 Å². The highest BCUT2D eigenvalue weighted by Crippen LogP contribution is 2.44. The molecule has 3 aliphatic heterocycles. The van der Waals surface area contributed by atoms with Gasteiger partial charge in [0.15, 0.2) is 0 Å². The first-order chi connectivity index (χ1) is 16.3. The van der Waals surface area contributed by atoms with Crippen LogP contribution in [0.15, 0.2) is 54.3 Å². The van der Waals surface area contributed by atoms with Crippen molar-refractivity contribution in [3.8, 4) is 0 Å². The Bertz CT molecular complexity index is 1160. The van der Waals surface area contributed by atoms with Crippen LogP contribution in [0.2, 0.25) is 0 Å². The SMILES string of the molecule is CC1(C)O/C(=C2/C(=O)Nc3cc(F)ccc32)C=C1c1ccc(CN2CCN(CCO)CC2)cc1. The Labute approximate surface area is 199 Å². The molecule has 178 valence electrons. The van der Waals surface area contributed by atoms with Crippen molar-refractivity contribution in [2.24, 2.45) is 0 Å². The molecule has 1 saturated heterocycles. The van der Waals surface area contributed by atoms with Gasteiger partial charge in [0.05, 0.1) is 17.9 Å². The van der Waals surface area contributed by atoms with Gasteiger partial charge < -0.3 is 15.2 Å². The van der Waals surface area contributed by atoms with E-state index < -0.39 is 5.60 Å². The van der Waals surface area contributed by atoms with Crippen LogP contribution >= 0.6 is 0 Å². The van der Waals surface area contributed by atoms with E-state index in [4.69, 9.17) is 9.84 Å². The first kappa shape index (κ1) is 22.8. The lowest BCUT2D eigenvalue weighted by Gasteiger charge is -2.34. The number of benzene rings is 2. The van der Waals surface area contributed by atoms with Crippen LogP contribution in [-0.2, 0) is 16.1 Å². The molecule has 6 nitrogen and oxygen atoms in total. The van der Waals surface area contributed by atoms with Crippen molar-refractivity contribution in [2.45, 2.75) is 26.0 Å².